The first-order valence-corrected chi connectivity index (χ1v) is 4.00. The molecule has 1 aromatic rings. The number of aliphatic hydroxyl groups excluding tert-OH is 1. The van der Waals surface area contributed by atoms with Crippen molar-refractivity contribution >= 4 is 29.2 Å². The largest absolute Gasteiger partial charge is 0.479 e. The van der Waals surface area contributed by atoms with E-state index in [9.17, 15) is 4.79 Å². The highest BCUT2D eigenvalue weighted by Gasteiger charge is 2.17. The van der Waals surface area contributed by atoms with E-state index in [0.717, 1.165) is 0 Å². The van der Waals surface area contributed by atoms with E-state index < -0.39 is 12.1 Å². The van der Waals surface area contributed by atoms with Crippen molar-refractivity contribution in [3.05, 3.63) is 28.0 Å². The SMILES string of the molecule is O=C(O)C(O)c1cc(Cl)nc(Cl)c1. The highest BCUT2D eigenvalue weighted by Crippen LogP contribution is 2.20. The maximum Gasteiger partial charge on any atom is 0.337 e. The first kappa shape index (κ1) is 10.2. The molecule has 0 spiro atoms. The molecule has 0 bridgehead atoms. The lowest BCUT2D eigenvalue weighted by Gasteiger charge is -2.05. The number of pyridine rings is 1. The van der Waals surface area contributed by atoms with Crippen molar-refractivity contribution in [3.8, 4) is 0 Å². The first-order valence-electron chi connectivity index (χ1n) is 3.24. The van der Waals surface area contributed by atoms with Crippen LogP contribution in [0.5, 0.6) is 0 Å². The highest BCUT2D eigenvalue weighted by molar-refractivity contribution is 6.32. The second kappa shape index (κ2) is 3.91. The second-order valence-electron chi connectivity index (χ2n) is 2.29. The smallest absolute Gasteiger partial charge is 0.337 e. The molecular formula is C7H5Cl2NO3. The molecule has 1 unspecified atom stereocenters. The van der Waals surface area contributed by atoms with Crippen LogP contribution in [0.4, 0.5) is 0 Å². The maximum atomic E-state index is 10.4. The summed E-state index contributed by atoms with van der Waals surface area (Å²) in [6, 6.07) is 2.48. The van der Waals surface area contributed by atoms with Crippen LogP contribution >= 0.6 is 23.2 Å². The summed E-state index contributed by atoms with van der Waals surface area (Å²) in [6.07, 6.45) is -1.63. The van der Waals surface area contributed by atoms with Crippen LogP contribution in [0.25, 0.3) is 0 Å². The Labute approximate surface area is 83.7 Å². The predicted octanol–water partition coefficient (Wildman–Crippen LogP) is 1.51. The molecule has 0 aliphatic carbocycles. The number of rotatable bonds is 2. The van der Waals surface area contributed by atoms with E-state index in [1.807, 2.05) is 0 Å². The zero-order chi connectivity index (χ0) is 10.0. The van der Waals surface area contributed by atoms with Gasteiger partial charge in [-0.2, -0.15) is 0 Å². The minimum absolute atomic E-state index is 0.0443. The van der Waals surface area contributed by atoms with Crippen molar-refractivity contribution in [1.29, 1.82) is 0 Å². The van der Waals surface area contributed by atoms with Crippen LogP contribution in [0.1, 0.15) is 11.7 Å². The van der Waals surface area contributed by atoms with Crippen LogP contribution in [-0.4, -0.2) is 21.2 Å². The van der Waals surface area contributed by atoms with Crippen LogP contribution in [0.2, 0.25) is 10.3 Å². The van der Waals surface area contributed by atoms with E-state index in [1.54, 1.807) is 0 Å². The first-order chi connectivity index (χ1) is 6.00. The molecule has 1 atom stereocenters. The maximum absolute atomic E-state index is 10.4. The Bertz CT molecular complexity index is 322. The Morgan fingerprint density at radius 3 is 2.23 bits per heavy atom. The minimum atomic E-state index is -1.63. The zero-order valence-corrected chi connectivity index (χ0v) is 7.75. The Morgan fingerprint density at radius 2 is 1.85 bits per heavy atom. The van der Waals surface area contributed by atoms with Crippen LogP contribution in [0, 0.1) is 0 Å². The fourth-order valence-corrected chi connectivity index (χ4v) is 1.26. The van der Waals surface area contributed by atoms with Gasteiger partial charge in [0, 0.05) is 0 Å². The molecule has 6 heteroatoms. The van der Waals surface area contributed by atoms with Crippen LogP contribution in [0.3, 0.4) is 0 Å². The van der Waals surface area contributed by atoms with Gasteiger partial charge >= 0.3 is 5.97 Å². The number of hydrogen-bond acceptors (Lipinski definition) is 3. The Hall–Kier alpha value is -0.840. The normalized spacial score (nSPS) is 12.5. The molecule has 1 rings (SSSR count). The fraction of sp³-hybridized carbons (Fsp3) is 0.143. The number of carbonyl (C=O) groups is 1. The molecular weight excluding hydrogens is 217 g/mol. The molecule has 0 fully saturated rings. The van der Waals surface area contributed by atoms with Gasteiger partial charge in [0.2, 0.25) is 0 Å². The summed E-state index contributed by atoms with van der Waals surface area (Å²) in [7, 11) is 0. The average molecular weight is 222 g/mol. The van der Waals surface area contributed by atoms with Gasteiger partial charge in [0.05, 0.1) is 0 Å². The summed E-state index contributed by atoms with van der Waals surface area (Å²) in [5, 5.41) is 17.7. The molecule has 0 aliphatic rings. The van der Waals surface area contributed by atoms with Gasteiger partial charge in [-0.3, -0.25) is 0 Å². The summed E-state index contributed by atoms with van der Waals surface area (Å²) in [6.45, 7) is 0. The monoisotopic (exact) mass is 221 g/mol. The number of nitrogens with zero attached hydrogens (tertiary/aromatic N) is 1. The van der Waals surface area contributed by atoms with Gasteiger partial charge in [-0.1, -0.05) is 23.2 Å². The Kier molecular flexibility index (Phi) is 3.08. The van der Waals surface area contributed by atoms with Gasteiger partial charge in [0.25, 0.3) is 0 Å². The quantitative estimate of drug-likeness (QED) is 0.744. The molecule has 0 saturated heterocycles. The third kappa shape index (κ3) is 2.55. The van der Waals surface area contributed by atoms with Gasteiger partial charge in [-0.15, -0.1) is 0 Å². The standard InChI is InChI=1S/C7H5Cl2NO3/c8-4-1-3(2-5(9)10-4)6(11)7(12)13/h1-2,6,11H,(H,12,13). The van der Waals surface area contributed by atoms with Crippen molar-refractivity contribution < 1.29 is 15.0 Å². The number of carboxylic acid groups (broad SMARTS) is 1. The molecule has 2 N–H and O–H groups in total. The number of carboxylic acids is 1. The Morgan fingerprint density at radius 1 is 1.38 bits per heavy atom. The van der Waals surface area contributed by atoms with E-state index in [0.29, 0.717) is 0 Å². The summed E-state index contributed by atoms with van der Waals surface area (Å²) < 4.78 is 0. The number of halogens is 2. The van der Waals surface area contributed by atoms with Crippen LogP contribution < -0.4 is 0 Å². The molecule has 70 valence electrons. The van der Waals surface area contributed by atoms with Crippen molar-refractivity contribution in [2.75, 3.05) is 0 Å². The second-order valence-corrected chi connectivity index (χ2v) is 3.06. The number of aromatic nitrogens is 1. The third-order valence-corrected chi connectivity index (χ3v) is 1.72. The molecule has 0 amide bonds. The molecule has 1 aromatic heterocycles. The van der Waals surface area contributed by atoms with Crippen molar-refractivity contribution in [1.82, 2.24) is 4.98 Å². The van der Waals surface area contributed by atoms with Gasteiger partial charge in [0.15, 0.2) is 6.10 Å². The predicted molar refractivity (Wildman–Crippen MR) is 46.9 cm³/mol. The van der Waals surface area contributed by atoms with E-state index in [-0.39, 0.29) is 15.9 Å². The average Bonchev–Trinajstić information content (AvgIpc) is 2.01. The molecule has 0 aromatic carbocycles. The van der Waals surface area contributed by atoms with Gasteiger partial charge in [-0.25, -0.2) is 9.78 Å². The minimum Gasteiger partial charge on any atom is -0.479 e. The number of aliphatic hydroxyl groups is 1. The molecule has 0 radical (unpaired) electrons. The van der Waals surface area contributed by atoms with Crippen molar-refractivity contribution in [3.63, 3.8) is 0 Å². The molecule has 0 aliphatic heterocycles. The van der Waals surface area contributed by atoms with Gasteiger partial charge < -0.3 is 10.2 Å². The highest BCUT2D eigenvalue weighted by atomic mass is 35.5. The van der Waals surface area contributed by atoms with E-state index in [1.165, 1.54) is 12.1 Å². The topological polar surface area (TPSA) is 70.4 Å². The zero-order valence-electron chi connectivity index (χ0n) is 6.24. The number of hydrogen-bond donors (Lipinski definition) is 2. The van der Waals surface area contributed by atoms with E-state index in [4.69, 9.17) is 33.4 Å². The Balaban J connectivity index is 3.07. The summed E-state index contributed by atoms with van der Waals surface area (Å²) in [4.78, 5) is 14.0. The van der Waals surface area contributed by atoms with Crippen LogP contribution in [0.15, 0.2) is 12.1 Å². The summed E-state index contributed by atoms with van der Waals surface area (Å²) >= 11 is 11.0. The molecule has 13 heavy (non-hydrogen) atoms. The summed E-state index contributed by atoms with van der Waals surface area (Å²) in [5.41, 5.74) is 0.109. The van der Waals surface area contributed by atoms with Crippen LogP contribution in [-0.2, 0) is 4.79 Å². The van der Waals surface area contributed by atoms with Gasteiger partial charge in [0.1, 0.15) is 10.3 Å². The molecule has 1 heterocycles. The lowest BCUT2D eigenvalue weighted by Crippen LogP contribution is -2.10. The molecule has 0 saturated carbocycles. The number of aliphatic carboxylic acids is 1. The molecule has 4 nitrogen and oxygen atoms in total. The third-order valence-electron chi connectivity index (χ3n) is 1.33. The van der Waals surface area contributed by atoms with Crippen molar-refractivity contribution in [2.45, 2.75) is 6.10 Å². The lowest BCUT2D eigenvalue weighted by molar-refractivity contribution is -0.146. The van der Waals surface area contributed by atoms with Gasteiger partial charge in [-0.05, 0) is 17.7 Å². The van der Waals surface area contributed by atoms with E-state index in [2.05, 4.69) is 4.98 Å². The van der Waals surface area contributed by atoms with E-state index >= 15 is 0 Å². The van der Waals surface area contributed by atoms with Crippen molar-refractivity contribution in [2.24, 2.45) is 0 Å². The fourth-order valence-electron chi connectivity index (χ4n) is 0.784. The summed E-state index contributed by atoms with van der Waals surface area (Å²) in [5.74, 6) is -1.36. The lowest BCUT2D eigenvalue weighted by atomic mass is 10.1.